The molecule has 0 radical (unpaired) electrons. The Morgan fingerprint density at radius 1 is 1.03 bits per heavy atom. The molecule has 0 spiro atoms. The first-order chi connectivity index (χ1) is 18.0. The van der Waals surface area contributed by atoms with Gasteiger partial charge in [0, 0.05) is 0 Å². The molecule has 0 saturated heterocycles. The number of thioether (sulfide) groups is 1. The molecule has 0 saturated carbocycles. The van der Waals surface area contributed by atoms with Crippen molar-refractivity contribution in [3.05, 3.63) is 59.2 Å². The van der Waals surface area contributed by atoms with Gasteiger partial charge in [-0.3, -0.25) is 10.2 Å². The van der Waals surface area contributed by atoms with Crippen molar-refractivity contribution in [3.63, 3.8) is 0 Å². The molecule has 194 valence electrons. The summed E-state index contributed by atoms with van der Waals surface area (Å²) in [4.78, 5) is 16.7. The summed E-state index contributed by atoms with van der Waals surface area (Å²) in [6, 6.07) is 13.2. The van der Waals surface area contributed by atoms with Crippen LogP contribution in [0.1, 0.15) is 30.9 Å². The number of amidine groups is 2. The number of hydrazone groups is 1. The average molecular weight is 523 g/mol. The third-order valence-corrected chi connectivity index (χ3v) is 6.43. The highest BCUT2D eigenvalue weighted by molar-refractivity contribution is 8.26. The van der Waals surface area contributed by atoms with Crippen molar-refractivity contribution in [2.24, 2.45) is 10.1 Å². The Morgan fingerprint density at radius 2 is 1.78 bits per heavy atom. The van der Waals surface area contributed by atoms with Crippen LogP contribution < -0.4 is 14.2 Å². The minimum Gasteiger partial charge on any atom is -0.493 e. The minimum atomic E-state index is -0.459. The van der Waals surface area contributed by atoms with E-state index in [1.54, 1.807) is 31.4 Å². The van der Waals surface area contributed by atoms with Crippen LogP contribution in [0.3, 0.4) is 0 Å². The Hall–Kier alpha value is -3.63. The van der Waals surface area contributed by atoms with Gasteiger partial charge in [0.1, 0.15) is 24.0 Å². The standard InChI is InChI=1S/C27H30N4O5S/c1-4-5-24-30-31-25(28)21(26(32)29-27(31)37-24)16-19-8-11-22(23(17-19)33-3)36-15-13-34-12-14-35-20-9-6-18(2)7-10-20/h6-11,16-17,28H,4-5,12-15H2,1-3H3. The highest BCUT2D eigenvalue weighted by Gasteiger charge is 2.35. The highest BCUT2D eigenvalue weighted by atomic mass is 32.2. The van der Waals surface area contributed by atoms with Gasteiger partial charge in [-0.2, -0.15) is 15.1 Å². The second kappa shape index (κ2) is 12.6. The van der Waals surface area contributed by atoms with Crippen LogP contribution in [0, 0.1) is 12.3 Å². The number of amides is 1. The molecular formula is C27H30N4O5S. The molecule has 0 fully saturated rings. The summed E-state index contributed by atoms with van der Waals surface area (Å²) >= 11 is 1.34. The van der Waals surface area contributed by atoms with Crippen molar-refractivity contribution in [2.75, 3.05) is 33.5 Å². The number of hydrogen-bond acceptors (Lipinski definition) is 8. The topological polar surface area (TPSA) is 106 Å². The predicted molar refractivity (Wildman–Crippen MR) is 146 cm³/mol. The van der Waals surface area contributed by atoms with E-state index in [0.717, 1.165) is 23.6 Å². The number of aliphatic imine (C=N–C) groups is 1. The van der Waals surface area contributed by atoms with E-state index in [2.05, 4.69) is 17.0 Å². The van der Waals surface area contributed by atoms with E-state index in [1.165, 1.54) is 22.3 Å². The van der Waals surface area contributed by atoms with Crippen LogP contribution >= 0.6 is 11.8 Å². The summed E-state index contributed by atoms with van der Waals surface area (Å²) in [6.07, 6.45) is 3.33. The van der Waals surface area contributed by atoms with E-state index in [-0.39, 0.29) is 11.4 Å². The fourth-order valence-corrected chi connectivity index (χ4v) is 4.56. The molecule has 4 rings (SSSR count). The highest BCUT2D eigenvalue weighted by Crippen LogP contribution is 2.32. The van der Waals surface area contributed by atoms with Crippen molar-refractivity contribution in [2.45, 2.75) is 26.7 Å². The molecular weight excluding hydrogens is 492 g/mol. The third-order valence-electron chi connectivity index (χ3n) is 5.46. The maximum absolute atomic E-state index is 12.6. The number of fused-ring (bicyclic) bond motifs is 1. The molecule has 0 unspecified atom stereocenters. The van der Waals surface area contributed by atoms with Crippen molar-refractivity contribution in [3.8, 4) is 17.2 Å². The van der Waals surface area contributed by atoms with E-state index in [0.29, 0.717) is 48.7 Å². The second-order valence-electron chi connectivity index (χ2n) is 8.30. The molecule has 2 aromatic carbocycles. The first-order valence-corrected chi connectivity index (χ1v) is 12.9. The number of nitrogens with zero attached hydrogens (tertiary/aromatic N) is 3. The quantitative estimate of drug-likeness (QED) is 0.312. The van der Waals surface area contributed by atoms with Crippen LogP contribution in [-0.4, -0.2) is 60.5 Å². The second-order valence-corrected chi connectivity index (χ2v) is 9.34. The Bertz CT molecular complexity index is 1240. The molecule has 9 nitrogen and oxygen atoms in total. The summed E-state index contributed by atoms with van der Waals surface area (Å²) in [6.45, 7) is 5.73. The Kier molecular flexibility index (Phi) is 8.97. The SMILES string of the molecule is CCCC1=NN2C(=N)C(=Cc3ccc(OCCOCCOc4ccc(C)cc4)c(OC)c3)C(=O)N=C2S1. The first-order valence-electron chi connectivity index (χ1n) is 12.1. The number of ether oxygens (including phenoxy) is 4. The predicted octanol–water partition coefficient (Wildman–Crippen LogP) is 4.90. The van der Waals surface area contributed by atoms with E-state index in [9.17, 15) is 4.79 Å². The Morgan fingerprint density at radius 3 is 2.51 bits per heavy atom. The molecule has 2 aliphatic heterocycles. The summed E-state index contributed by atoms with van der Waals surface area (Å²) in [5.41, 5.74) is 2.04. The van der Waals surface area contributed by atoms with Crippen molar-refractivity contribution < 1.29 is 23.7 Å². The monoisotopic (exact) mass is 522 g/mol. The van der Waals surface area contributed by atoms with E-state index >= 15 is 0 Å². The zero-order valence-corrected chi connectivity index (χ0v) is 22.0. The van der Waals surface area contributed by atoms with Gasteiger partial charge < -0.3 is 18.9 Å². The molecule has 0 atom stereocenters. The lowest BCUT2D eigenvalue weighted by Gasteiger charge is -2.20. The van der Waals surface area contributed by atoms with Gasteiger partial charge in [0.2, 0.25) is 5.17 Å². The maximum Gasteiger partial charge on any atom is 0.283 e. The van der Waals surface area contributed by atoms with E-state index in [1.807, 2.05) is 31.2 Å². The summed E-state index contributed by atoms with van der Waals surface area (Å²) in [5.74, 6) is 1.43. The molecule has 0 aliphatic carbocycles. The maximum atomic E-state index is 12.6. The van der Waals surface area contributed by atoms with Crippen LogP contribution in [0.15, 0.2) is 58.1 Å². The normalized spacial score (nSPS) is 16.0. The molecule has 0 bridgehead atoms. The zero-order chi connectivity index (χ0) is 26.2. The first kappa shape index (κ1) is 26.4. The van der Waals surface area contributed by atoms with Crippen molar-refractivity contribution in [1.82, 2.24) is 5.01 Å². The largest absolute Gasteiger partial charge is 0.493 e. The van der Waals surface area contributed by atoms with Gasteiger partial charge in [-0.15, -0.1) is 0 Å². The van der Waals surface area contributed by atoms with Gasteiger partial charge in [0.15, 0.2) is 17.3 Å². The lowest BCUT2D eigenvalue weighted by molar-refractivity contribution is -0.114. The zero-order valence-electron chi connectivity index (χ0n) is 21.2. The summed E-state index contributed by atoms with van der Waals surface area (Å²) in [5, 5.41) is 15.6. The van der Waals surface area contributed by atoms with Crippen molar-refractivity contribution >= 4 is 39.8 Å². The Labute approximate surface area is 220 Å². The molecule has 2 heterocycles. The average Bonchev–Trinajstić information content (AvgIpc) is 3.30. The fourth-order valence-electron chi connectivity index (χ4n) is 3.57. The van der Waals surface area contributed by atoms with Crippen LogP contribution in [0.25, 0.3) is 6.08 Å². The van der Waals surface area contributed by atoms with Gasteiger partial charge in [-0.05, 0) is 67.4 Å². The van der Waals surface area contributed by atoms with Gasteiger partial charge in [-0.25, -0.2) is 0 Å². The van der Waals surface area contributed by atoms with E-state index < -0.39 is 5.91 Å². The van der Waals surface area contributed by atoms with Gasteiger partial charge in [-0.1, -0.05) is 30.7 Å². The number of aryl methyl sites for hydroxylation is 1. The lowest BCUT2D eigenvalue weighted by atomic mass is 10.1. The van der Waals surface area contributed by atoms with Crippen LogP contribution in [0.5, 0.6) is 17.2 Å². The summed E-state index contributed by atoms with van der Waals surface area (Å²) < 4.78 is 22.5. The Balaban J connectivity index is 1.30. The molecule has 0 aromatic heterocycles. The fraction of sp³-hybridized carbons (Fsp3) is 0.333. The molecule has 2 aliphatic rings. The van der Waals surface area contributed by atoms with Crippen molar-refractivity contribution in [1.29, 1.82) is 5.41 Å². The van der Waals surface area contributed by atoms with Gasteiger partial charge in [0.05, 0.1) is 25.9 Å². The van der Waals surface area contributed by atoms with E-state index in [4.69, 9.17) is 24.4 Å². The molecule has 2 aromatic rings. The molecule has 10 heteroatoms. The van der Waals surface area contributed by atoms with Crippen LogP contribution in [0.2, 0.25) is 0 Å². The minimum absolute atomic E-state index is 0.0106. The number of carbonyl (C=O) groups is 1. The number of hydrogen-bond donors (Lipinski definition) is 1. The molecule has 1 N–H and O–H groups in total. The van der Waals surface area contributed by atoms with Crippen LogP contribution in [-0.2, 0) is 9.53 Å². The third kappa shape index (κ3) is 6.78. The number of nitrogens with one attached hydrogen (secondary N) is 1. The number of methoxy groups -OCH3 is 1. The molecule has 1 amide bonds. The number of rotatable bonds is 12. The van der Waals surface area contributed by atoms with Gasteiger partial charge >= 0.3 is 0 Å². The number of benzene rings is 2. The lowest BCUT2D eigenvalue weighted by Crippen LogP contribution is -2.35. The summed E-state index contributed by atoms with van der Waals surface area (Å²) in [7, 11) is 1.55. The number of carbonyl (C=O) groups excluding carboxylic acids is 1. The van der Waals surface area contributed by atoms with Gasteiger partial charge in [0.25, 0.3) is 5.91 Å². The smallest absolute Gasteiger partial charge is 0.283 e. The van der Waals surface area contributed by atoms with Crippen LogP contribution in [0.4, 0.5) is 0 Å². The molecule has 37 heavy (non-hydrogen) atoms.